The molecule has 0 aliphatic carbocycles. The van der Waals surface area contributed by atoms with Crippen molar-refractivity contribution in [3.63, 3.8) is 0 Å². The van der Waals surface area contributed by atoms with Crippen LogP contribution < -0.4 is 4.90 Å². The number of hydrogen-bond acceptors (Lipinski definition) is 5. The van der Waals surface area contributed by atoms with Crippen LogP contribution in [0.5, 0.6) is 0 Å². The highest BCUT2D eigenvalue weighted by Gasteiger charge is 2.26. The lowest BCUT2D eigenvalue weighted by Gasteiger charge is -2.33. The molecule has 0 N–H and O–H groups in total. The maximum atomic E-state index is 13.5. The third-order valence-corrected chi connectivity index (χ3v) is 5.67. The van der Waals surface area contributed by atoms with Crippen molar-refractivity contribution in [1.82, 2.24) is 19.9 Å². The van der Waals surface area contributed by atoms with Crippen molar-refractivity contribution in [2.24, 2.45) is 0 Å². The third kappa shape index (κ3) is 3.67. The van der Waals surface area contributed by atoms with E-state index in [9.17, 15) is 4.79 Å². The molecule has 1 amide bonds. The second-order valence-corrected chi connectivity index (χ2v) is 8.04. The van der Waals surface area contributed by atoms with Crippen molar-refractivity contribution >= 4 is 22.8 Å². The largest absolute Gasteiger partial charge is 0.347 e. The third-order valence-electron chi connectivity index (χ3n) is 5.67. The molecule has 29 heavy (non-hydrogen) atoms. The van der Waals surface area contributed by atoms with Crippen LogP contribution >= 0.6 is 0 Å². The molecule has 0 spiro atoms. The van der Waals surface area contributed by atoms with E-state index in [0.717, 1.165) is 47.1 Å². The Hall–Kier alpha value is -3.02. The smallest absolute Gasteiger partial charge is 0.254 e. The molecule has 3 heterocycles. The number of rotatable bonds is 3. The summed E-state index contributed by atoms with van der Waals surface area (Å²) in [5.74, 6) is 0.728. The summed E-state index contributed by atoms with van der Waals surface area (Å²) in [6.45, 7) is 4.98. The second kappa shape index (κ2) is 7.78. The summed E-state index contributed by atoms with van der Waals surface area (Å²) in [4.78, 5) is 31.1. The van der Waals surface area contributed by atoms with E-state index in [0.29, 0.717) is 11.5 Å². The van der Waals surface area contributed by atoms with E-state index >= 15 is 0 Å². The first-order valence-corrected chi connectivity index (χ1v) is 10.2. The van der Waals surface area contributed by atoms with Gasteiger partial charge in [0.2, 0.25) is 5.95 Å². The minimum Gasteiger partial charge on any atom is -0.347 e. The first-order chi connectivity index (χ1) is 14.0. The van der Waals surface area contributed by atoms with Gasteiger partial charge in [-0.05, 0) is 44.7 Å². The van der Waals surface area contributed by atoms with Crippen LogP contribution in [0.3, 0.4) is 0 Å². The Bertz CT molecular complexity index is 1050. The van der Waals surface area contributed by atoms with Crippen LogP contribution in [0, 0.1) is 6.92 Å². The lowest BCUT2D eigenvalue weighted by molar-refractivity contribution is 0.0637. The number of para-hydroxylation sites is 1. The van der Waals surface area contributed by atoms with Gasteiger partial charge in [-0.25, -0.2) is 15.0 Å². The molecule has 1 aromatic carbocycles. The van der Waals surface area contributed by atoms with Crippen molar-refractivity contribution < 1.29 is 4.79 Å². The van der Waals surface area contributed by atoms with Crippen LogP contribution in [0.25, 0.3) is 22.2 Å². The molecule has 0 bridgehead atoms. The molecule has 3 aromatic rings. The predicted octanol–water partition coefficient (Wildman–Crippen LogP) is 4.08. The Morgan fingerprint density at radius 3 is 2.62 bits per heavy atom. The Kier molecular flexibility index (Phi) is 5.18. The molecular weight excluding hydrogens is 362 g/mol. The minimum atomic E-state index is 0.0854. The van der Waals surface area contributed by atoms with Crippen molar-refractivity contribution in [1.29, 1.82) is 0 Å². The van der Waals surface area contributed by atoms with E-state index in [4.69, 9.17) is 4.98 Å². The zero-order valence-corrected chi connectivity index (χ0v) is 17.5. The van der Waals surface area contributed by atoms with Gasteiger partial charge in [-0.1, -0.05) is 18.2 Å². The van der Waals surface area contributed by atoms with Crippen molar-refractivity contribution in [3.8, 4) is 11.3 Å². The summed E-state index contributed by atoms with van der Waals surface area (Å²) in [5.41, 5.74) is 4.15. The number of pyridine rings is 1. The lowest BCUT2D eigenvalue weighted by Crippen LogP contribution is -2.42. The standard InChI is InChI=1S/C23H27N5O/c1-15-8-7-10-18-19(22(29)28-11-6-5-9-16(28)2)12-20(26-21(15)18)17-13-24-23(25-14-17)27(3)4/h7-8,10,12-14,16H,5-6,9,11H2,1-4H3. The second-order valence-electron chi connectivity index (χ2n) is 8.04. The van der Waals surface area contributed by atoms with Gasteiger partial charge < -0.3 is 9.80 Å². The number of likely N-dealkylation sites (tertiary alicyclic amines) is 1. The summed E-state index contributed by atoms with van der Waals surface area (Å²) < 4.78 is 0. The summed E-state index contributed by atoms with van der Waals surface area (Å²) in [5, 5.41) is 0.905. The maximum Gasteiger partial charge on any atom is 0.254 e. The Labute approximate surface area is 171 Å². The summed E-state index contributed by atoms with van der Waals surface area (Å²) in [7, 11) is 3.81. The molecule has 0 radical (unpaired) electrons. The Balaban J connectivity index is 1.85. The molecule has 2 aromatic heterocycles. The van der Waals surface area contributed by atoms with Crippen LogP contribution in [-0.2, 0) is 0 Å². The van der Waals surface area contributed by atoms with Crippen LogP contribution in [0.1, 0.15) is 42.1 Å². The number of piperidine rings is 1. The molecule has 1 fully saturated rings. The number of fused-ring (bicyclic) bond motifs is 1. The predicted molar refractivity (Wildman–Crippen MR) is 116 cm³/mol. The highest BCUT2D eigenvalue weighted by molar-refractivity contribution is 6.07. The lowest BCUT2D eigenvalue weighted by atomic mass is 9.98. The monoisotopic (exact) mass is 389 g/mol. The van der Waals surface area contributed by atoms with Gasteiger partial charge in [-0.15, -0.1) is 0 Å². The van der Waals surface area contributed by atoms with Gasteiger partial charge in [-0.2, -0.15) is 0 Å². The SMILES string of the molecule is Cc1cccc2c(C(=O)N3CCCCC3C)cc(-c3cnc(N(C)C)nc3)nc12. The normalized spacial score (nSPS) is 16.8. The fraction of sp³-hybridized carbons (Fsp3) is 0.391. The number of aromatic nitrogens is 3. The van der Waals surface area contributed by atoms with Crippen LogP contribution in [-0.4, -0.2) is 52.4 Å². The molecular formula is C23H27N5O. The van der Waals surface area contributed by atoms with E-state index in [1.165, 1.54) is 6.42 Å². The van der Waals surface area contributed by atoms with E-state index < -0.39 is 0 Å². The number of aryl methyl sites for hydroxylation is 1. The van der Waals surface area contributed by atoms with E-state index in [1.54, 1.807) is 12.4 Å². The zero-order valence-electron chi connectivity index (χ0n) is 17.5. The molecule has 0 saturated carbocycles. The fourth-order valence-electron chi connectivity index (χ4n) is 3.96. The number of nitrogens with zero attached hydrogens (tertiary/aromatic N) is 5. The number of carbonyl (C=O) groups excluding carboxylic acids is 1. The fourth-order valence-corrected chi connectivity index (χ4v) is 3.96. The van der Waals surface area contributed by atoms with Crippen molar-refractivity contribution in [3.05, 3.63) is 47.8 Å². The Morgan fingerprint density at radius 1 is 1.17 bits per heavy atom. The molecule has 1 saturated heterocycles. The summed E-state index contributed by atoms with van der Waals surface area (Å²) in [6, 6.07) is 8.18. The zero-order chi connectivity index (χ0) is 20.5. The first kappa shape index (κ1) is 19.3. The first-order valence-electron chi connectivity index (χ1n) is 10.2. The van der Waals surface area contributed by atoms with Gasteiger partial charge in [0.25, 0.3) is 5.91 Å². The maximum absolute atomic E-state index is 13.5. The number of anilines is 1. The topological polar surface area (TPSA) is 62.2 Å². The van der Waals surface area contributed by atoms with E-state index in [1.807, 2.05) is 55.1 Å². The molecule has 150 valence electrons. The molecule has 1 aliphatic rings. The molecule has 1 atom stereocenters. The van der Waals surface area contributed by atoms with E-state index in [-0.39, 0.29) is 11.9 Å². The highest BCUT2D eigenvalue weighted by atomic mass is 16.2. The number of hydrogen-bond donors (Lipinski definition) is 0. The molecule has 6 nitrogen and oxygen atoms in total. The summed E-state index contributed by atoms with van der Waals surface area (Å²) in [6.07, 6.45) is 6.84. The number of amides is 1. The minimum absolute atomic E-state index is 0.0854. The quantitative estimate of drug-likeness (QED) is 0.675. The van der Waals surface area contributed by atoms with Gasteiger partial charge in [0.05, 0.1) is 16.8 Å². The molecule has 1 aliphatic heterocycles. The van der Waals surface area contributed by atoms with Gasteiger partial charge >= 0.3 is 0 Å². The average molecular weight is 390 g/mol. The van der Waals surface area contributed by atoms with Gasteiger partial charge in [0.1, 0.15) is 0 Å². The van der Waals surface area contributed by atoms with Crippen LogP contribution in [0.15, 0.2) is 36.7 Å². The number of benzene rings is 1. The van der Waals surface area contributed by atoms with Gasteiger partial charge in [-0.3, -0.25) is 4.79 Å². The van der Waals surface area contributed by atoms with E-state index in [2.05, 4.69) is 16.9 Å². The van der Waals surface area contributed by atoms with Crippen LogP contribution in [0.2, 0.25) is 0 Å². The number of carbonyl (C=O) groups is 1. The van der Waals surface area contributed by atoms with Crippen molar-refractivity contribution in [2.75, 3.05) is 25.5 Å². The molecule has 4 rings (SSSR count). The average Bonchev–Trinajstić information content (AvgIpc) is 2.73. The molecule has 6 heteroatoms. The van der Waals surface area contributed by atoms with Gasteiger partial charge in [0.15, 0.2) is 0 Å². The summed E-state index contributed by atoms with van der Waals surface area (Å²) >= 11 is 0. The molecule has 1 unspecified atom stereocenters. The van der Waals surface area contributed by atoms with Gasteiger partial charge in [0, 0.05) is 50.0 Å². The highest BCUT2D eigenvalue weighted by Crippen LogP contribution is 2.29. The van der Waals surface area contributed by atoms with Crippen LogP contribution in [0.4, 0.5) is 5.95 Å². The van der Waals surface area contributed by atoms with Crippen molar-refractivity contribution in [2.45, 2.75) is 39.2 Å². The Morgan fingerprint density at radius 2 is 1.93 bits per heavy atom.